The van der Waals surface area contributed by atoms with E-state index >= 15 is 0 Å². The molecule has 1 aromatic heterocycles. The van der Waals surface area contributed by atoms with Crippen molar-refractivity contribution in [2.24, 2.45) is 5.92 Å². The number of urea groups is 1. The van der Waals surface area contributed by atoms with E-state index in [9.17, 15) is 27.2 Å². The number of halogens is 4. The van der Waals surface area contributed by atoms with Gasteiger partial charge in [-0.25, -0.2) is 14.0 Å². The third-order valence-corrected chi connectivity index (χ3v) is 4.65. The Labute approximate surface area is 167 Å². The zero-order chi connectivity index (χ0) is 21.9. The van der Waals surface area contributed by atoms with Gasteiger partial charge >= 0.3 is 18.2 Å². The van der Waals surface area contributed by atoms with Gasteiger partial charge in [0.2, 0.25) is 5.82 Å². The summed E-state index contributed by atoms with van der Waals surface area (Å²) in [6, 6.07) is 1.49. The summed E-state index contributed by atoms with van der Waals surface area (Å²) in [7, 11) is 0. The van der Waals surface area contributed by atoms with Crippen LogP contribution in [0, 0.1) is 11.7 Å². The first-order valence-electron chi connectivity index (χ1n) is 9.07. The van der Waals surface area contributed by atoms with Gasteiger partial charge in [-0.2, -0.15) is 18.4 Å². The molecule has 162 valence electrons. The fraction of sp³-hybridized carbons (Fsp3) is 0.471. The lowest BCUT2D eigenvalue weighted by molar-refractivity contribution is -0.183. The molecule has 3 rings (SSSR count). The number of ether oxygens (including phenoxy) is 1. The average molecular weight is 430 g/mol. The largest absolute Gasteiger partial charge is 0.462 e. The number of nitrogens with one attached hydrogen (secondary N) is 2. The third kappa shape index (κ3) is 4.66. The van der Waals surface area contributed by atoms with Crippen LogP contribution in [0.1, 0.15) is 30.1 Å². The standard InChI is InChI=1S/C17H18F4N6O3/c1-2-30-15(28)13-11(14-23-25-26-24-14)7-10(8-12(13)18)22-16(29)27-5-3-9(4-6-27)17(19,20)21/h7-9H,2-6H2,1H3,(H,22,29)(H,23,24,25,26). The van der Waals surface area contributed by atoms with E-state index in [0.29, 0.717) is 0 Å². The van der Waals surface area contributed by atoms with Gasteiger partial charge in [-0.15, -0.1) is 10.2 Å². The minimum atomic E-state index is -4.30. The van der Waals surface area contributed by atoms with Gasteiger partial charge in [-0.3, -0.25) is 0 Å². The number of rotatable bonds is 4. The molecule has 2 amide bonds. The highest BCUT2D eigenvalue weighted by Crippen LogP contribution is 2.34. The minimum Gasteiger partial charge on any atom is -0.462 e. The number of hydrogen-bond acceptors (Lipinski definition) is 6. The first-order valence-corrected chi connectivity index (χ1v) is 9.07. The molecule has 0 aliphatic carbocycles. The number of piperidine rings is 1. The molecule has 30 heavy (non-hydrogen) atoms. The van der Waals surface area contributed by atoms with Crippen molar-refractivity contribution < 1.29 is 31.9 Å². The molecule has 0 radical (unpaired) electrons. The van der Waals surface area contributed by atoms with E-state index < -0.39 is 35.5 Å². The zero-order valence-electron chi connectivity index (χ0n) is 15.8. The van der Waals surface area contributed by atoms with E-state index in [0.717, 1.165) is 6.07 Å². The number of hydrogen-bond donors (Lipinski definition) is 2. The number of H-pyrrole nitrogens is 1. The molecule has 1 aliphatic rings. The maximum Gasteiger partial charge on any atom is 0.391 e. The molecule has 0 unspecified atom stereocenters. The van der Waals surface area contributed by atoms with Crippen LogP contribution in [0.5, 0.6) is 0 Å². The summed E-state index contributed by atoms with van der Waals surface area (Å²) >= 11 is 0. The van der Waals surface area contributed by atoms with Crippen molar-refractivity contribution in [1.29, 1.82) is 0 Å². The first-order chi connectivity index (χ1) is 14.2. The number of alkyl halides is 3. The van der Waals surface area contributed by atoms with E-state index in [1.165, 1.54) is 11.0 Å². The van der Waals surface area contributed by atoms with Crippen LogP contribution < -0.4 is 5.32 Å². The Morgan fingerprint density at radius 1 is 1.30 bits per heavy atom. The van der Waals surface area contributed by atoms with E-state index in [-0.39, 0.29) is 49.6 Å². The molecule has 0 spiro atoms. The van der Waals surface area contributed by atoms with Gasteiger partial charge in [0.1, 0.15) is 11.4 Å². The number of carbonyl (C=O) groups is 2. The Morgan fingerprint density at radius 2 is 2.00 bits per heavy atom. The highest BCUT2D eigenvalue weighted by Gasteiger charge is 2.41. The van der Waals surface area contributed by atoms with Crippen LogP contribution in [0.15, 0.2) is 12.1 Å². The number of benzene rings is 1. The van der Waals surface area contributed by atoms with Crippen LogP contribution in [0.25, 0.3) is 11.4 Å². The number of anilines is 1. The number of esters is 1. The topological polar surface area (TPSA) is 113 Å². The summed E-state index contributed by atoms with van der Waals surface area (Å²) in [5.41, 5.74) is -0.515. The van der Waals surface area contributed by atoms with Gasteiger partial charge in [0.25, 0.3) is 0 Å². The van der Waals surface area contributed by atoms with Crippen molar-refractivity contribution in [2.75, 3.05) is 25.0 Å². The van der Waals surface area contributed by atoms with Gasteiger partial charge in [-0.1, -0.05) is 0 Å². The predicted octanol–water partition coefficient (Wildman–Crippen LogP) is 2.99. The van der Waals surface area contributed by atoms with Crippen LogP contribution in [-0.2, 0) is 4.74 Å². The summed E-state index contributed by atoms with van der Waals surface area (Å²) in [4.78, 5) is 25.8. The van der Waals surface area contributed by atoms with Gasteiger partial charge in [-0.05, 0) is 37.1 Å². The molecule has 0 atom stereocenters. The molecule has 2 N–H and O–H groups in total. The van der Waals surface area contributed by atoms with Crippen LogP contribution in [0.3, 0.4) is 0 Å². The summed E-state index contributed by atoms with van der Waals surface area (Å²) in [6.45, 7) is 1.39. The molecular weight excluding hydrogens is 412 g/mol. The van der Waals surface area contributed by atoms with Crippen LogP contribution in [0.4, 0.5) is 28.0 Å². The minimum absolute atomic E-state index is 0.0102. The summed E-state index contributed by atoms with van der Waals surface area (Å²) in [6.07, 6.45) is -4.71. The maximum atomic E-state index is 14.7. The molecule has 0 bridgehead atoms. The molecule has 1 fully saturated rings. The van der Waals surface area contributed by atoms with Crippen LogP contribution >= 0.6 is 0 Å². The van der Waals surface area contributed by atoms with E-state index in [2.05, 4.69) is 25.9 Å². The number of carbonyl (C=O) groups excluding carboxylic acids is 2. The normalized spacial score (nSPS) is 15.2. The highest BCUT2D eigenvalue weighted by molar-refractivity contribution is 5.99. The van der Waals surface area contributed by atoms with Crippen LogP contribution in [-0.4, -0.2) is 63.4 Å². The molecule has 9 nitrogen and oxygen atoms in total. The van der Waals surface area contributed by atoms with E-state index in [1.54, 1.807) is 6.92 Å². The number of aromatic nitrogens is 4. The number of amides is 2. The Bertz CT molecular complexity index is 911. The zero-order valence-corrected chi connectivity index (χ0v) is 15.8. The lowest BCUT2D eigenvalue weighted by atomic mass is 9.96. The quantitative estimate of drug-likeness (QED) is 0.570. The van der Waals surface area contributed by atoms with E-state index in [4.69, 9.17) is 4.74 Å². The summed E-state index contributed by atoms with van der Waals surface area (Å²) < 4.78 is 57.9. The second kappa shape index (κ2) is 8.63. The fourth-order valence-electron chi connectivity index (χ4n) is 3.15. The molecule has 0 saturated carbocycles. The SMILES string of the molecule is CCOC(=O)c1c(F)cc(NC(=O)N2CCC(C(F)(F)F)CC2)cc1-c1nn[nH]n1. The maximum absolute atomic E-state index is 14.7. The number of likely N-dealkylation sites (tertiary alicyclic amines) is 1. The monoisotopic (exact) mass is 430 g/mol. The van der Waals surface area contributed by atoms with Crippen molar-refractivity contribution in [3.8, 4) is 11.4 Å². The third-order valence-electron chi connectivity index (χ3n) is 4.65. The smallest absolute Gasteiger partial charge is 0.391 e. The Kier molecular flexibility index (Phi) is 6.17. The van der Waals surface area contributed by atoms with Crippen molar-refractivity contribution in [3.63, 3.8) is 0 Å². The van der Waals surface area contributed by atoms with Gasteiger partial charge in [0, 0.05) is 24.3 Å². The second-order valence-electron chi connectivity index (χ2n) is 6.57. The van der Waals surface area contributed by atoms with Gasteiger partial charge in [0.05, 0.1) is 12.5 Å². The van der Waals surface area contributed by atoms with E-state index in [1.807, 2.05) is 0 Å². The Morgan fingerprint density at radius 3 is 2.57 bits per heavy atom. The Hall–Kier alpha value is -3.25. The molecule has 2 heterocycles. The number of nitrogens with zero attached hydrogens (tertiary/aromatic N) is 4. The molecular formula is C17H18F4N6O3. The molecule has 13 heteroatoms. The summed E-state index contributed by atoms with van der Waals surface area (Å²) in [5.74, 6) is -3.48. The molecule has 1 aliphatic heterocycles. The van der Waals surface area contributed by atoms with Crippen molar-refractivity contribution in [1.82, 2.24) is 25.5 Å². The molecule has 1 saturated heterocycles. The van der Waals surface area contributed by atoms with Crippen molar-refractivity contribution in [2.45, 2.75) is 25.9 Å². The van der Waals surface area contributed by atoms with Crippen molar-refractivity contribution >= 4 is 17.7 Å². The molecule has 1 aromatic carbocycles. The lowest BCUT2D eigenvalue weighted by Crippen LogP contribution is -2.44. The Balaban J connectivity index is 1.80. The number of aromatic amines is 1. The average Bonchev–Trinajstić information content (AvgIpc) is 3.21. The van der Waals surface area contributed by atoms with Crippen molar-refractivity contribution in [3.05, 3.63) is 23.5 Å². The number of tetrazole rings is 1. The second-order valence-corrected chi connectivity index (χ2v) is 6.57. The van der Waals surface area contributed by atoms with Crippen LogP contribution in [0.2, 0.25) is 0 Å². The van der Waals surface area contributed by atoms with Gasteiger partial charge < -0.3 is 15.0 Å². The highest BCUT2D eigenvalue weighted by atomic mass is 19.4. The summed E-state index contributed by atoms with van der Waals surface area (Å²) in [5, 5.41) is 15.4. The lowest BCUT2D eigenvalue weighted by Gasteiger charge is -2.32. The van der Waals surface area contributed by atoms with Gasteiger partial charge in [0.15, 0.2) is 0 Å². The predicted molar refractivity (Wildman–Crippen MR) is 94.9 cm³/mol. The first kappa shape index (κ1) is 21.5. The molecule has 2 aromatic rings. The fourth-order valence-corrected chi connectivity index (χ4v) is 3.15.